The zero-order valence-corrected chi connectivity index (χ0v) is 11.5. The number of aromatic nitrogens is 2. The smallest absolute Gasteiger partial charge is 0.335 e. The van der Waals surface area contributed by atoms with Gasteiger partial charge in [0.25, 0.3) is 5.56 Å². The van der Waals surface area contributed by atoms with Gasteiger partial charge in [-0.15, -0.1) is 0 Å². The van der Waals surface area contributed by atoms with E-state index in [1.54, 1.807) is 0 Å². The van der Waals surface area contributed by atoms with Crippen LogP contribution in [-0.4, -0.2) is 9.24 Å². The van der Waals surface area contributed by atoms with Gasteiger partial charge < -0.3 is 5.84 Å². The second kappa shape index (κ2) is 5.60. The van der Waals surface area contributed by atoms with E-state index >= 15 is 0 Å². The van der Waals surface area contributed by atoms with E-state index in [9.17, 15) is 44.7 Å². The van der Waals surface area contributed by atoms with E-state index < -0.39 is 56.9 Å². The first-order valence-electron chi connectivity index (χ1n) is 6.03. The molecule has 5 nitrogen and oxygen atoms in total. The molecule has 1 aromatic carbocycles. The molecule has 0 aliphatic carbocycles. The van der Waals surface area contributed by atoms with Crippen molar-refractivity contribution in [1.82, 2.24) is 9.24 Å². The lowest BCUT2D eigenvalue weighted by molar-refractivity contribution is -0.143. The average Bonchev–Trinajstić information content (AvgIpc) is 2.43. The van der Waals surface area contributed by atoms with Crippen LogP contribution in [0.2, 0.25) is 0 Å². The molecule has 0 aliphatic heterocycles. The summed E-state index contributed by atoms with van der Waals surface area (Å²) in [5.74, 6) is 0.981. The summed E-state index contributed by atoms with van der Waals surface area (Å²) in [7, 11) is 0. The molecule has 136 valence electrons. The predicted molar refractivity (Wildman–Crippen MR) is 66.4 cm³/mol. The van der Waals surface area contributed by atoms with Crippen molar-refractivity contribution in [3.05, 3.63) is 61.9 Å². The first-order valence-corrected chi connectivity index (χ1v) is 6.03. The molecule has 1 heterocycles. The van der Waals surface area contributed by atoms with E-state index in [-0.39, 0.29) is 22.8 Å². The summed E-state index contributed by atoms with van der Waals surface area (Å²) < 4.78 is 102. The van der Waals surface area contributed by atoms with Crippen LogP contribution in [0.1, 0.15) is 11.3 Å². The van der Waals surface area contributed by atoms with Crippen molar-refractivity contribution in [2.24, 2.45) is 0 Å². The largest absolute Gasteiger partial charge is 0.433 e. The van der Waals surface area contributed by atoms with E-state index in [1.165, 1.54) is 0 Å². The number of nitrogens with two attached hydrogens (primary N) is 1. The Kier molecular flexibility index (Phi) is 4.14. The van der Waals surface area contributed by atoms with Gasteiger partial charge in [-0.25, -0.2) is 22.8 Å². The van der Waals surface area contributed by atoms with E-state index in [0.29, 0.717) is 0 Å². The summed E-state index contributed by atoms with van der Waals surface area (Å²) in [4.78, 5) is 23.5. The molecule has 25 heavy (non-hydrogen) atoms. The maximum atomic E-state index is 13.8. The number of hydrogen-bond donors (Lipinski definition) is 1. The van der Waals surface area contributed by atoms with E-state index in [4.69, 9.17) is 5.84 Å². The molecule has 2 rings (SSSR count). The van der Waals surface area contributed by atoms with Gasteiger partial charge in [0.15, 0.2) is 5.69 Å². The van der Waals surface area contributed by atoms with Gasteiger partial charge in [-0.1, -0.05) is 0 Å². The zero-order chi connectivity index (χ0) is 19.3. The highest BCUT2D eigenvalue weighted by Gasteiger charge is 2.37. The first kappa shape index (κ1) is 18.5. The van der Waals surface area contributed by atoms with E-state index in [0.717, 1.165) is 0 Å². The van der Waals surface area contributed by atoms with Crippen molar-refractivity contribution in [2.75, 3.05) is 5.84 Å². The molecular formula is C12H5F8N3O2. The van der Waals surface area contributed by atoms with Gasteiger partial charge in [0.2, 0.25) is 0 Å². The van der Waals surface area contributed by atoms with Crippen molar-refractivity contribution >= 4 is 0 Å². The third-order valence-electron chi connectivity index (χ3n) is 3.01. The van der Waals surface area contributed by atoms with Crippen LogP contribution in [0.3, 0.4) is 0 Å². The maximum absolute atomic E-state index is 13.8. The molecule has 0 atom stereocenters. The fourth-order valence-corrected chi connectivity index (χ4v) is 1.92. The molecule has 13 heteroatoms. The predicted octanol–water partition coefficient (Wildman–Crippen LogP) is 2.03. The Bertz CT molecular complexity index is 955. The second-order valence-corrected chi connectivity index (χ2v) is 4.63. The summed E-state index contributed by atoms with van der Waals surface area (Å²) in [5.41, 5.74) is -8.93. The standard InChI is InChI=1S/C12H5F8N3O2/c13-5-2-7(6(14)1-4(5)11(15,16)17)22-9(24)3-8(12(18,19)20)23(21)10(22)25/h1-3H,21H2. The first-order chi connectivity index (χ1) is 11.2. The molecule has 0 amide bonds. The number of halogens is 8. The Balaban J connectivity index is 2.82. The Morgan fingerprint density at radius 3 is 1.88 bits per heavy atom. The normalized spacial score (nSPS) is 12.5. The topological polar surface area (TPSA) is 70.0 Å². The van der Waals surface area contributed by atoms with Crippen molar-refractivity contribution in [1.29, 1.82) is 0 Å². The van der Waals surface area contributed by atoms with Crippen LogP contribution < -0.4 is 17.1 Å². The molecule has 2 aromatic rings. The third-order valence-corrected chi connectivity index (χ3v) is 3.01. The quantitative estimate of drug-likeness (QED) is 0.613. The minimum absolute atomic E-state index is 0.145. The maximum Gasteiger partial charge on any atom is 0.433 e. The average molecular weight is 375 g/mol. The molecule has 0 spiro atoms. The summed E-state index contributed by atoms with van der Waals surface area (Å²) in [6.45, 7) is 0. The third kappa shape index (κ3) is 3.21. The van der Waals surface area contributed by atoms with Gasteiger partial charge in [-0.3, -0.25) is 4.79 Å². The van der Waals surface area contributed by atoms with Crippen LogP contribution in [0.5, 0.6) is 0 Å². The van der Waals surface area contributed by atoms with Crippen molar-refractivity contribution in [3.63, 3.8) is 0 Å². The van der Waals surface area contributed by atoms with Crippen LogP contribution in [0, 0.1) is 11.6 Å². The lowest BCUT2D eigenvalue weighted by Gasteiger charge is -2.15. The summed E-state index contributed by atoms with van der Waals surface area (Å²) >= 11 is 0. The summed E-state index contributed by atoms with van der Waals surface area (Å²) in [5, 5.41) is 0. The van der Waals surface area contributed by atoms with Crippen LogP contribution in [-0.2, 0) is 12.4 Å². The fraction of sp³-hybridized carbons (Fsp3) is 0.167. The van der Waals surface area contributed by atoms with E-state index in [1.807, 2.05) is 0 Å². The number of alkyl halides is 6. The zero-order valence-electron chi connectivity index (χ0n) is 11.5. The minimum atomic E-state index is -5.28. The SMILES string of the molecule is Nn1c(C(F)(F)F)cc(=O)n(-c2cc(F)c(C(F)(F)F)cc2F)c1=O. The monoisotopic (exact) mass is 375 g/mol. The van der Waals surface area contributed by atoms with Gasteiger partial charge in [0.05, 0.1) is 11.3 Å². The lowest BCUT2D eigenvalue weighted by atomic mass is 10.1. The highest BCUT2D eigenvalue weighted by atomic mass is 19.4. The van der Waals surface area contributed by atoms with Gasteiger partial charge in [0.1, 0.15) is 11.6 Å². The number of nitrogens with zero attached hydrogens (tertiary/aromatic N) is 2. The van der Waals surface area contributed by atoms with Crippen LogP contribution in [0.25, 0.3) is 5.69 Å². The summed E-state index contributed by atoms with van der Waals surface area (Å²) in [6, 6.07) is -0.667. The van der Waals surface area contributed by atoms with Crippen LogP contribution in [0.15, 0.2) is 27.8 Å². The molecule has 1 aromatic heterocycles. The summed E-state index contributed by atoms with van der Waals surface area (Å²) in [6.07, 6.45) is -10.5. The van der Waals surface area contributed by atoms with Crippen molar-refractivity contribution in [2.45, 2.75) is 12.4 Å². The number of nitrogen functional groups attached to an aromatic ring is 1. The lowest BCUT2D eigenvalue weighted by Crippen LogP contribution is -2.45. The Morgan fingerprint density at radius 1 is 0.840 bits per heavy atom. The number of hydrogen-bond acceptors (Lipinski definition) is 3. The molecule has 0 saturated heterocycles. The minimum Gasteiger partial charge on any atom is -0.335 e. The Hall–Kier alpha value is -2.86. The van der Waals surface area contributed by atoms with Crippen molar-refractivity contribution in [3.8, 4) is 5.69 Å². The second-order valence-electron chi connectivity index (χ2n) is 4.63. The van der Waals surface area contributed by atoms with E-state index in [2.05, 4.69) is 0 Å². The number of benzene rings is 1. The molecule has 0 unspecified atom stereocenters. The van der Waals surface area contributed by atoms with Crippen LogP contribution in [0.4, 0.5) is 35.1 Å². The van der Waals surface area contributed by atoms with Gasteiger partial charge >= 0.3 is 18.0 Å². The molecule has 0 fully saturated rings. The van der Waals surface area contributed by atoms with Gasteiger partial charge in [-0.2, -0.15) is 26.3 Å². The Morgan fingerprint density at radius 2 is 1.40 bits per heavy atom. The highest BCUT2D eigenvalue weighted by Crippen LogP contribution is 2.33. The molecular weight excluding hydrogens is 370 g/mol. The molecule has 0 bridgehead atoms. The Labute approximate surface area is 131 Å². The van der Waals surface area contributed by atoms with Gasteiger partial charge in [-0.05, 0) is 6.07 Å². The molecule has 2 N–H and O–H groups in total. The van der Waals surface area contributed by atoms with Crippen molar-refractivity contribution < 1.29 is 35.1 Å². The molecule has 0 radical (unpaired) electrons. The molecule has 0 saturated carbocycles. The van der Waals surface area contributed by atoms with Crippen LogP contribution >= 0.6 is 0 Å². The number of rotatable bonds is 1. The fourth-order valence-electron chi connectivity index (χ4n) is 1.92. The van der Waals surface area contributed by atoms with Gasteiger partial charge in [0, 0.05) is 12.1 Å². The molecule has 0 aliphatic rings. The highest BCUT2D eigenvalue weighted by molar-refractivity contribution is 5.39.